The Balaban J connectivity index is 2.64. The molecule has 1 atom stereocenters. The van der Waals surface area contributed by atoms with E-state index >= 15 is 0 Å². The smallest absolute Gasteiger partial charge is 0.243 e. The highest BCUT2D eigenvalue weighted by atomic mass is 16.2. The molecule has 110 valence electrons. The predicted molar refractivity (Wildman–Crippen MR) is 79.3 cm³/mol. The van der Waals surface area contributed by atoms with E-state index in [1.165, 1.54) is 12.8 Å². The molecule has 1 saturated heterocycles. The van der Waals surface area contributed by atoms with Crippen LogP contribution in [0.2, 0.25) is 0 Å². The third-order valence-electron chi connectivity index (χ3n) is 3.35. The first-order valence-electron chi connectivity index (χ1n) is 7.28. The van der Waals surface area contributed by atoms with Gasteiger partial charge in [-0.25, -0.2) is 4.99 Å². The lowest BCUT2D eigenvalue weighted by atomic mass is 10.0. The second-order valence-electron chi connectivity index (χ2n) is 5.55. The summed E-state index contributed by atoms with van der Waals surface area (Å²) in [5.74, 6) is 1.64. The number of piperidine rings is 1. The normalized spacial score (nSPS) is 20.3. The number of carbonyl (C=O) groups is 1. The van der Waals surface area contributed by atoms with Gasteiger partial charge in [-0.3, -0.25) is 4.79 Å². The number of likely N-dealkylation sites (N-methyl/N-ethyl adjacent to an activating group) is 1. The Hall–Kier alpha value is -1.26. The number of nitrogens with one attached hydrogen (secondary N) is 1. The Morgan fingerprint density at radius 1 is 1.47 bits per heavy atom. The monoisotopic (exact) mass is 268 g/mol. The topological polar surface area (TPSA) is 47.9 Å². The molecule has 1 aliphatic heterocycles. The molecule has 0 aromatic carbocycles. The van der Waals surface area contributed by atoms with E-state index in [2.05, 4.69) is 29.1 Å². The minimum Gasteiger partial charge on any atom is -0.356 e. The van der Waals surface area contributed by atoms with Crippen LogP contribution in [0.5, 0.6) is 0 Å². The molecule has 0 spiro atoms. The first-order valence-corrected chi connectivity index (χ1v) is 7.28. The number of rotatable bonds is 4. The molecule has 0 radical (unpaired) electrons. The van der Waals surface area contributed by atoms with E-state index in [1.807, 2.05) is 0 Å². The van der Waals surface area contributed by atoms with Gasteiger partial charge in [-0.1, -0.05) is 13.8 Å². The van der Waals surface area contributed by atoms with Gasteiger partial charge in [0.15, 0.2) is 5.96 Å². The summed E-state index contributed by atoms with van der Waals surface area (Å²) in [6.45, 7) is 7.61. The van der Waals surface area contributed by atoms with Crippen LogP contribution in [0.4, 0.5) is 0 Å². The molecule has 1 amide bonds. The molecule has 0 bridgehead atoms. The van der Waals surface area contributed by atoms with Crippen molar-refractivity contribution in [2.45, 2.75) is 33.1 Å². The number of aliphatic imine (C=N–C) groups is 1. The van der Waals surface area contributed by atoms with E-state index in [-0.39, 0.29) is 12.5 Å². The van der Waals surface area contributed by atoms with Crippen molar-refractivity contribution in [2.24, 2.45) is 10.9 Å². The molecule has 1 N–H and O–H groups in total. The van der Waals surface area contributed by atoms with Crippen LogP contribution in [0, 0.1) is 5.92 Å². The highest BCUT2D eigenvalue weighted by Gasteiger charge is 2.19. The summed E-state index contributed by atoms with van der Waals surface area (Å²) in [6, 6.07) is 0. The van der Waals surface area contributed by atoms with Gasteiger partial charge in [-0.15, -0.1) is 0 Å². The van der Waals surface area contributed by atoms with Gasteiger partial charge >= 0.3 is 0 Å². The van der Waals surface area contributed by atoms with E-state index in [0.29, 0.717) is 5.92 Å². The molecule has 1 fully saturated rings. The molecule has 0 aromatic rings. The average molecular weight is 268 g/mol. The third kappa shape index (κ3) is 5.49. The van der Waals surface area contributed by atoms with E-state index in [4.69, 9.17) is 0 Å². The molecule has 0 aliphatic carbocycles. The molecule has 0 saturated carbocycles. The second kappa shape index (κ2) is 8.02. The fourth-order valence-electron chi connectivity index (χ4n) is 2.17. The van der Waals surface area contributed by atoms with Crippen molar-refractivity contribution < 1.29 is 4.79 Å². The zero-order valence-corrected chi connectivity index (χ0v) is 12.8. The minimum atomic E-state index is 0.0425. The van der Waals surface area contributed by atoms with Crippen molar-refractivity contribution in [2.75, 3.05) is 40.3 Å². The lowest BCUT2D eigenvalue weighted by Gasteiger charge is -2.33. The Labute approximate surface area is 117 Å². The minimum absolute atomic E-state index is 0.0425. The first-order chi connectivity index (χ1) is 9.04. The molecule has 1 heterocycles. The van der Waals surface area contributed by atoms with Gasteiger partial charge < -0.3 is 15.1 Å². The van der Waals surface area contributed by atoms with Crippen LogP contribution in [0.1, 0.15) is 33.1 Å². The van der Waals surface area contributed by atoms with Gasteiger partial charge in [0, 0.05) is 33.7 Å². The lowest BCUT2D eigenvalue weighted by Crippen LogP contribution is -2.46. The van der Waals surface area contributed by atoms with E-state index in [1.54, 1.807) is 19.0 Å². The number of likely N-dealkylation sites (tertiary alicyclic amines) is 1. The fourth-order valence-corrected chi connectivity index (χ4v) is 2.17. The van der Waals surface area contributed by atoms with Crippen LogP contribution < -0.4 is 5.32 Å². The quantitative estimate of drug-likeness (QED) is 0.615. The SMILES string of the molecule is CCCNC(=NCC(=O)N(C)C)N1CCCC(C)C1. The number of carbonyl (C=O) groups excluding carboxylic acids is 1. The van der Waals surface area contributed by atoms with Gasteiger partial charge in [0.25, 0.3) is 0 Å². The van der Waals surface area contributed by atoms with Gasteiger partial charge in [-0.2, -0.15) is 0 Å². The molecule has 0 aromatic heterocycles. The molecule has 1 aliphatic rings. The molecular weight excluding hydrogens is 240 g/mol. The molecule has 5 nitrogen and oxygen atoms in total. The lowest BCUT2D eigenvalue weighted by molar-refractivity contribution is -0.127. The Morgan fingerprint density at radius 2 is 2.21 bits per heavy atom. The Morgan fingerprint density at radius 3 is 2.79 bits per heavy atom. The maximum atomic E-state index is 11.6. The van der Waals surface area contributed by atoms with Gasteiger partial charge in [0.1, 0.15) is 6.54 Å². The third-order valence-corrected chi connectivity index (χ3v) is 3.35. The van der Waals surface area contributed by atoms with E-state index in [9.17, 15) is 4.79 Å². The van der Waals surface area contributed by atoms with Crippen LogP contribution in [0.3, 0.4) is 0 Å². The fraction of sp³-hybridized carbons (Fsp3) is 0.857. The Bertz CT molecular complexity index is 315. The number of hydrogen-bond acceptors (Lipinski definition) is 2. The van der Waals surface area contributed by atoms with Crippen LogP contribution in [-0.2, 0) is 4.79 Å². The zero-order valence-electron chi connectivity index (χ0n) is 12.8. The number of amides is 1. The van der Waals surface area contributed by atoms with Crippen molar-refractivity contribution in [1.29, 1.82) is 0 Å². The number of nitrogens with zero attached hydrogens (tertiary/aromatic N) is 3. The molecular formula is C14H28N4O. The van der Waals surface area contributed by atoms with Crippen molar-refractivity contribution >= 4 is 11.9 Å². The highest BCUT2D eigenvalue weighted by Crippen LogP contribution is 2.15. The summed E-state index contributed by atoms with van der Waals surface area (Å²) >= 11 is 0. The largest absolute Gasteiger partial charge is 0.356 e. The summed E-state index contributed by atoms with van der Waals surface area (Å²) in [6.07, 6.45) is 3.55. The van der Waals surface area contributed by atoms with Crippen LogP contribution in [-0.4, -0.2) is 61.9 Å². The zero-order chi connectivity index (χ0) is 14.3. The van der Waals surface area contributed by atoms with Crippen molar-refractivity contribution in [3.05, 3.63) is 0 Å². The average Bonchev–Trinajstić information content (AvgIpc) is 2.38. The molecule has 1 unspecified atom stereocenters. The van der Waals surface area contributed by atoms with Crippen LogP contribution in [0.25, 0.3) is 0 Å². The van der Waals surface area contributed by atoms with Gasteiger partial charge in [0.2, 0.25) is 5.91 Å². The summed E-state index contributed by atoms with van der Waals surface area (Å²) < 4.78 is 0. The predicted octanol–water partition coefficient (Wildman–Crippen LogP) is 1.16. The van der Waals surface area contributed by atoms with E-state index in [0.717, 1.165) is 32.0 Å². The first kappa shape index (κ1) is 15.8. The van der Waals surface area contributed by atoms with Crippen LogP contribution in [0.15, 0.2) is 4.99 Å². The maximum absolute atomic E-state index is 11.6. The molecule has 19 heavy (non-hydrogen) atoms. The van der Waals surface area contributed by atoms with Crippen molar-refractivity contribution in [3.8, 4) is 0 Å². The van der Waals surface area contributed by atoms with Crippen molar-refractivity contribution in [3.63, 3.8) is 0 Å². The number of guanidine groups is 1. The summed E-state index contributed by atoms with van der Waals surface area (Å²) in [4.78, 5) is 20.0. The van der Waals surface area contributed by atoms with Crippen molar-refractivity contribution in [1.82, 2.24) is 15.1 Å². The van der Waals surface area contributed by atoms with Crippen LogP contribution >= 0.6 is 0 Å². The van der Waals surface area contributed by atoms with Gasteiger partial charge in [-0.05, 0) is 25.2 Å². The summed E-state index contributed by atoms with van der Waals surface area (Å²) in [5.41, 5.74) is 0. The molecule has 5 heteroatoms. The number of hydrogen-bond donors (Lipinski definition) is 1. The summed E-state index contributed by atoms with van der Waals surface area (Å²) in [5, 5.41) is 3.36. The highest BCUT2D eigenvalue weighted by molar-refractivity contribution is 5.84. The summed E-state index contributed by atoms with van der Waals surface area (Å²) in [7, 11) is 3.53. The maximum Gasteiger partial charge on any atom is 0.243 e. The van der Waals surface area contributed by atoms with Gasteiger partial charge in [0.05, 0.1) is 0 Å². The standard InChI is InChI=1S/C14H28N4O/c1-5-8-15-14(16-10-13(19)17(3)4)18-9-6-7-12(2)11-18/h12H,5-11H2,1-4H3,(H,15,16). The molecule has 1 rings (SSSR count). The Kier molecular flexibility index (Phi) is 6.67. The van der Waals surface area contributed by atoms with E-state index < -0.39 is 0 Å². The second-order valence-corrected chi connectivity index (χ2v) is 5.55.